The Bertz CT molecular complexity index is 490. The van der Waals surface area contributed by atoms with Crippen LogP contribution in [0.2, 0.25) is 0 Å². The number of nitrogens with zero attached hydrogens (tertiary/aromatic N) is 1. The third-order valence-corrected chi connectivity index (χ3v) is 4.88. The number of benzene rings is 1. The third-order valence-electron chi connectivity index (χ3n) is 4.88. The molecule has 0 radical (unpaired) electrons. The van der Waals surface area contributed by atoms with E-state index in [2.05, 4.69) is 51.2 Å². The average molecular weight is 284 g/mol. The fourth-order valence-corrected chi connectivity index (χ4v) is 3.63. The highest BCUT2D eigenvalue weighted by Crippen LogP contribution is 2.38. The van der Waals surface area contributed by atoms with Gasteiger partial charge >= 0.3 is 0 Å². The highest BCUT2D eigenvalue weighted by Gasteiger charge is 2.34. The van der Waals surface area contributed by atoms with E-state index in [9.17, 15) is 0 Å². The van der Waals surface area contributed by atoms with Crippen molar-refractivity contribution < 1.29 is 0 Å². The van der Waals surface area contributed by atoms with Gasteiger partial charge < -0.3 is 5.32 Å². The molecule has 1 fully saturated rings. The summed E-state index contributed by atoms with van der Waals surface area (Å²) in [5, 5.41) is 12.7. The molecule has 3 atom stereocenters. The Hall–Kier alpha value is -1.33. The van der Waals surface area contributed by atoms with Crippen LogP contribution in [-0.4, -0.2) is 6.04 Å². The Morgan fingerprint density at radius 2 is 1.76 bits per heavy atom. The van der Waals surface area contributed by atoms with E-state index in [0.717, 1.165) is 11.5 Å². The van der Waals surface area contributed by atoms with E-state index in [1.54, 1.807) is 0 Å². The van der Waals surface area contributed by atoms with Crippen molar-refractivity contribution in [3.8, 4) is 6.07 Å². The predicted octanol–water partition coefficient (Wildman–Crippen LogP) is 4.81. The maximum absolute atomic E-state index is 8.89. The van der Waals surface area contributed by atoms with Gasteiger partial charge in [0.05, 0.1) is 11.6 Å². The van der Waals surface area contributed by atoms with Crippen molar-refractivity contribution in [2.45, 2.75) is 65.5 Å². The first kappa shape index (κ1) is 16.0. The fraction of sp³-hybridized carbons (Fsp3) is 0.632. The Kier molecular flexibility index (Phi) is 5.06. The second-order valence-electron chi connectivity index (χ2n) is 7.49. The molecule has 2 rings (SSSR count). The summed E-state index contributed by atoms with van der Waals surface area (Å²) in [5.74, 6) is 0.743. The fourth-order valence-electron chi connectivity index (χ4n) is 3.63. The minimum absolute atomic E-state index is 0.339. The Labute approximate surface area is 129 Å². The predicted molar refractivity (Wildman–Crippen MR) is 87.9 cm³/mol. The molecule has 0 heterocycles. The highest BCUT2D eigenvalue weighted by molar-refractivity contribution is 5.32. The van der Waals surface area contributed by atoms with Gasteiger partial charge in [-0.2, -0.15) is 5.26 Å². The molecule has 0 aromatic heterocycles. The van der Waals surface area contributed by atoms with Crippen LogP contribution in [0.5, 0.6) is 0 Å². The van der Waals surface area contributed by atoms with E-state index in [4.69, 9.17) is 5.26 Å². The molecule has 1 aliphatic carbocycles. The topological polar surface area (TPSA) is 35.8 Å². The minimum Gasteiger partial charge on any atom is -0.307 e. The van der Waals surface area contributed by atoms with Crippen LogP contribution in [0.25, 0.3) is 0 Å². The zero-order valence-corrected chi connectivity index (χ0v) is 13.8. The van der Waals surface area contributed by atoms with Crippen molar-refractivity contribution >= 4 is 0 Å². The molecule has 1 saturated carbocycles. The van der Waals surface area contributed by atoms with E-state index >= 15 is 0 Å². The summed E-state index contributed by atoms with van der Waals surface area (Å²) in [6.45, 7) is 9.33. The number of hydrogen-bond acceptors (Lipinski definition) is 2. The maximum atomic E-state index is 8.89. The summed E-state index contributed by atoms with van der Waals surface area (Å²) in [6.07, 6.45) is 5.32. The van der Waals surface area contributed by atoms with Crippen molar-refractivity contribution in [1.29, 1.82) is 5.26 Å². The maximum Gasteiger partial charge on any atom is 0.0991 e. The third kappa shape index (κ3) is 4.08. The molecular weight excluding hydrogens is 256 g/mol. The lowest BCUT2D eigenvalue weighted by Crippen LogP contribution is -2.45. The van der Waals surface area contributed by atoms with Gasteiger partial charge in [-0.25, -0.2) is 0 Å². The van der Waals surface area contributed by atoms with E-state index in [-0.39, 0.29) is 0 Å². The Morgan fingerprint density at radius 3 is 2.33 bits per heavy atom. The van der Waals surface area contributed by atoms with Gasteiger partial charge in [-0.1, -0.05) is 45.7 Å². The summed E-state index contributed by atoms with van der Waals surface area (Å²) in [4.78, 5) is 0. The molecule has 0 spiro atoms. The minimum atomic E-state index is 0.339. The SMILES string of the molecule is CC(NC1CCCCC1C(C)(C)C)c1ccc(C#N)cc1. The van der Waals surface area contributed by atoms with Gasteiger partial charge in [0.25, 0.3) is 0 Å². The van der Waals surface area contributed by atoms with Crippen molar-refractivity contribution in [3.05, 3.63) is 35.4 Å². The summed E-state index contributed by atoms with van der Waals surface area (Å²) < 4.78 is 0. The first-order valence-corrected chi connectivity index (χ1v) is 8.18. The molecule has 0 amide bonds. The van der Waals surface area contributed by atoms with Crippen LogP contribution in [0.3, 0.4) is 0 Å². The number of hydrogen-bond donors (Lipinski definition) is 1. The van der Waals surface area contributed by atoms with Crippen LogP contribution in [0.15, 0.2) is 24.3 Å². The quantitative estimate of drug-likeness (QED) is 0.864. The van der Waals surface area contributed by atoms with Gasteiger partial charge in [0.2, 0.25) is 0 Å². The molecule has 0 saturated heterocycles. The Morgan fingerprint density at radius 1 is 1.14 bits per heavy atom. The molecule has 2 heteroatoms. The molecule has 1 aromatic carbocycles. The van der Waals surface area contributed by atoms with Gasteiger partial charge in [-0.05, 0) is 48.8 Å². The normalized spacial score (nSPS) is 24.3. The van der Waals surface area contributed by atoms with Crippen molar-refractivity contribution in [2.24, 2.45) is 11.3 Å². The van der Waals surface area contributed by atoms with Gasteiger partial charge in [0.1, 0.15) is 0 Å². The molecule has 0 aliphatic heterocycles. The van der Waals surface area contributed by atoms with Crippen LogP contribution >= 0.6 is 0 Å². The number of nitrogens with one attached hydrogen (secondary N) is 1. The molecule has 2 nitrogen and oxygen atoms in total. The van der Waals surface area contributed by atoms with Crippen LogP contribution in [0.1, 0.15) is 70.5 Å². The van der Waals surface area contributed by atoms with Crippen LogP contribution in [0, 0.1) is 22.7 Å². The van der Waals surface area contributed by atoms with Crippen LogP contribution in [0.4, 0.5) is 0 Å². The largest absolute Gasteiger partial charge is 0.307 e. The van der Waals surface area contributed by atoms with Gasteiger partial charge in [0.15, 0.2) is 0 Å². The monoisotopic (exact) mass is 284 g/mol. The van der Waals surface area contributed by atoms with E-state index in [1.165, 1.54) is 31.2 Å². The van der Waals surface area contributed by atoms with Crippen LogP contribution in [-0.2, 0) is 0 Å². The zero-order valence-electron chi connectivity index (χ0n) is 13.8. The zero-order chi connectivity index (χ0) is 15.5. The van der Waals surface area contributed by atoms with Crippen molar-refractivity contribution in [3.63, 3.8) is 0 Å². The molecule has 1 N–H and O–H groups in total. The molecule has 0 bridgehead atoms. The van der Waals surface area contributed by atoms with Gasteiger partial charge in [-0.3, -0.25) is 0 Å². The molecule has 114 valence electrons. The number of rotatable bonds is 3. The summed E-state index contributed by atoms with van der Waals surface area (Å²) in [7, 11) is 0. The first-order chi connectivity index (χ1) is 9.91. The van der Waals surface area contributed by atoms with Crippen LogP contribution < -0.4 is 5.32 Å². The summed E-state index contributed by atoms with van der Waals surface area (Å²) in [5.41, 5.74) is 2.37. The lowest BCUT2D eigenvalue weighted by atomic mass is 9.69. The lowest BCUT2D eigenvalue weighted by molar-refractivity contribution is 0.124. The van der Waals surface area contributed by atoms with Gasteiger partial charge in [-0.15, -0.1) is 0 Å². The molecule has 21 heavy (non-hydrogen) atoms. The molecule has 1 aliphatic rings. The second-order valence-corrected chi connectivity index (χ2v) is 7.49. The van der Waals surface area contributed by atoms with Gasteiger partial charge in [0, 0.05) is 12.1 Å². The summed E-state index contributed by atoms with van der Waals surface area (Å²) >= 11 is 0. The second kappa shape index (κ2) is 6.62. The standard InChI is InChI=1S/C19H28N2/c1-14(16-11-9-15(13-20)10-12-16)21-18-8-6-5-7-17(18)19(2,3)4/h9-12,14,17-18,21H,5-8H2,1-4H3. The molecule has 3 unspecified atom stereocenters. The summed E-state index contributed by atoms with van der Waals surface area (Å²) in [6, 6.07) is 11.1. The lowest BCUT2D eigenvalue weighted by Gasteiger charge is -2.42. The van der Waals surface area contributed by atoms with E-state index < -0.39 is 0 Å². The molecular formula is C19H28N2. The smallest absolute Gasteiger partial charge is 0.0991 e. The molecule has 1 aromatic rings. The average Bonchev–Trinajstić information content (AvgIpc) is 2.47. The van der Waals surface area contributed by atoms with E-state index in [0.29, 0.717) is 17.5 Å². The first-order valence-electron chi connectivity index (χ1n) is 8.18. The van der Waals surface area contributed by atoms with E-state index in [1.807, 2.05) is 12.1 Å². The van der Waals surface area contributed by atoms with Crippen molar-refractivity contribution in [2.75, 3.05) is 0 Å². The Balaban J connectivity index is 2.06. The highest BCUT2D eigenvalue weighted by atomic mass is 15.0. The van der Waals surface area contributed by atoms with Crippen molar-refractivity contribution in [1.82, 2.24) is 5.32 Å². The number of nitriles is 1.